The Morgan fingerprint density at radius 3 is 2.89 bits per heavy atom. The Labute approximate surface area is 118 Å². The van der Waals surface area contributed by atoms with Crippen molar-refractivity contribution in [3.63, 3.8) is 0 Å². The van der Waals surface area contributed by atoms with Crippen LogP contribution in [0.25, 0.3) is 0 Å². The number of nitrogens with one attached hydrogen (secondary N) is 1. The Balaban J connectivity index is 1.72. The summed E-state index contributed by atoms with van der Waals surface area (Å²) in [4.78, 5) is 0. The first kappa shape index (κ1) is 13.6. The van der Waals surface area contributed by atoms with Gasteiger partial charge in [0.1, 0.15) is 5.82 Å². The van der Waals surface area contributed by atoms with Gasteiger partial charge in [-0.1, -0.05) is 40.9 Å². The summed E-state index contributed by atoms with van der Waals surface area (Å²) in [6, 6.07) is 6.47. The number of nitrogens with zero attached hydrogens (tertiary/aromatic N) is 2. The minimum Gasteiger partial charge on any atom is -0.384 e. The van der Waals surface area contributed by atoms with E-state index in [-0.39, 0.29) is 5.82 Å². The van der Waals surface area contributed by atoms with Gasteiger partial charge in [0.05, 0.1) is 0 Å². The largest absolute Gasteiger partial charge is 0.384 e. The molecule has 96 valence electrons. The molecule has 1 aromatic heterocycles. The van der Waals surface area contributed by atoms with Crippen molar-refractivity contribution in [1.29, 1.82) is 0 Å². The first-order valence-corrected chi connectivity index (χ1v) is 8.30. The van der Waals surface area contributed by atoms with E-state index in [1.165, 1.54) is 12.1 Å². The zero-order chi connectivity index (χ0) is 12.8. The molecule has 0 saturated carbocycles. The van der Waals surface area contributed by atoms with Crippen molar-refractivity contribution in [1.82, 2.24) is 10.2 Å². The van der Waals surface area contributed by atoms with Gasteiger partial charge in [-0.15, -0.1) is 10.2 Å². The molecule has 0 bridgehead atoms. The molecule has 0 spiro atoms. The monoisotopic (exact) mass is 301 g/mol. The third-order valence-corrected chi connectivity index (χ3v) is 5.08. The van der Waals surface area contributed by atoms with E-state index in [2.05, 4.69) is 15.5 Å². The van der Waals surface area contributed by atoms with Gasteiger partial charge in [0.25, 0.3) is 0 Å². The predicted molar refractivity (Wildman–Crippen MR) is 77.3 cm³/mol. The number of thioether (sulfide) groups is 2. The lowest BCUT2D eigenvalue weighted by Gasteiger charge is -2.04. The van der Waals surface area contributed by atoms with E-state index in [0.717, 1.165) is 26.7 Å². The van der Waals surface area contributed by atoms with Crippen LogP contribution in [0, 0.1) is 5.82 Å². The van der Waals surface area contributed by atoms with Gasteiger partial charge >= 0.3 is 0 Å². The Morgan fingerprint density at radius 2 is 2.17 bits per heavy atom. The van der Waals surface area contributed by atoms with Gasteiger partial charge in [-0.25, -0.2) is 4.39 Å². The Bertz CT molecular complexity index is 504. The van der Waals surface area contributed by atoms with Gasteiger partial charge in [-0.05, 0) is 24.5 Å². The lowest BCUT2D eigenvalue weighted by atomic mass is 10.3. The van der Waals surface area contributed by atoms with Crippen LogP contribution in [0.2, 0.25) is 0 Å². The highest BCUT2D eigenvalue weighted by Gasteiger charge is 2.03. The highest BCUT2D eigenvalue weighted by Crippen LogP contribution is 2.27. The number of rotatable bonds is 6. The minimum absolute atomic E-state index is 0.221. The van der Waals surface area contributed by atoms with E-state index >= 15 is 0 Å². The molecule has 1 N–H and O–H groups in total. The first-order valence-electron chi connectivity index (χ1n) is 5.27. The van der Waals surface area contributed by atoms with E-state index in [0.29, 0.717) is 0 Å². The molecule has 0 atom stereocenters. The minimum atomic E-state index is -0.221. The topological polar surface area (TPSA) is 37.8 Å². The summed E-state index contributed by atoms with van der Waals surface area (Å²) >= 11 is 4.85. The summed E-state index contributed by atoms with van der Waals surface area (Å²) < 4.78 is 14.9. The number of anilines is 1. The summed E-state index contributed by atoms with van der Waals surface area (Å²) in [5, 5.41) is 11.3. The van der Waals surface area contributed by atoms with Crippen LogP contribution < -0.4 is 5.32 Å². The average Bonchev–Trinajstić information content (AvgIpc) is 2.83. The molecule has 18 heavy (non-hydrogen) atoms. The SMILES string of the molecule is CSc1nnc(SCCNc2cccc(F)c2)s1. The third kappa shape index (κ3) is 4.15. The van der Waals surface area contributed by atoms with Crippen LogP contribution in [0.15, 0.2) is 32.9 Å². The number of benzene rings is 1. The second-order valence-electron chi connectivity index (χ2n) is 3.32. The fourth-order valence-corrected chi connectivity index (χ4v) is 3.63. The van der Waals surface area contributed by atoms with Gasteiger partial charge in [0.15, 0.2) is 8.68 Å². The smallest absolute Gasteiger partial charge is 0.175 e. The summed E-state index contributed by atoms with van der Waals surface area (Å²) in [6.45, 7) is 0.766. The predicted octanol–water partition coefficient (Wildman–Crippen LogP) is 3.60. The Morgan fingerprint density at radius 1 is 1.33 bits per heavy atom. The molecule has 0 saturated heterocycles. The summed E-state index contributed by atoms with van der Waals surface area (Å²) in [5.74, 6) is 0.654. The number of hydrogen-bond acceptors (Lipinski definition) is 6. The molecule has 0 radical (unpaired) electrons. The van der Waals surface area contributed by atoms with Gasteiger partial charge < -0.3 is 5.32 Å². The quantitative estimate of drug-likeness (QED) is 0.652. The third-order valence-electron chi connectivity index (χ3n) is 2.04. The van der Waals surface area contributed by atoms with Gasteiger partial charge in [0.2, 0.25) is 0 Å². The van der Waals surface area contributed by atoms with E-state index in [1.807, 2.05) is 12.3 Å². The second-order valence-corrected chi connectivity index (χ2v) is 6.70. The van der Waals surface area contributed by atoms with E-state index in [9.17, 15) is 4.39 Å². The Kier molecular flexibility index (Phi) is 5.27. The molecular formula is C11H12FN3S3. The fourth-order valence-electron chi connectivity index (χ4n) is 1.27. The molecule has 0 aliphatic rings. The molecule has 1 heterocycles. The number of aromatic nitrogens is 2. The van der Waals surface area contributed by atoms with Crippen molar-refractivity contribution in [2.24, 2.45) is 0 Å². The van der Waals surface area contributed by atoms with Gasteiger partial charge in [-0.2, -0.15) is 0 Å². The maximum absolute atomic E-state index is 12.9. The summed E-state index contributed by atoms with van der Waals surface area (Å²) in [5.41, 5.74) is 0.803. The molecule has 3 nitrogen and oxygen atoms in total. The Hall–Kier alpha value is -0.790. The molecule has 7 heteroatoms. The fraction of sp³-hybridized carbons (Fsp3) is 0.273. The van der Waals surface area contributed by atoms with Crippen LogP contribution in [0.1, 0.15) is 0 Å². The van der Waals surface area contributed by atoms with Crippen molar-refractivity contribution in [3.05, 3.63) is 30.1 Å². The van der Waals surface area contributed by atoms with E-state index in [4.69, 9.17) is 0 Å². The van der Waals surface area contributed by atoms with Gasteiger partial charge in [0, 0.05) is 18.0 Å². The van der Waals surface area contributed by atoms with E-state index < -0.39 is 0 Å². The molecule has 2 aromatic rings. The second kappa shape index (κ2) is 6.96. The molecule has 0 amide bonds. The molecule has 2 rings (SSSR count). The van der Waals surface area contributed by atoms with Crippen LogP contribution >= 0.6 is 34.9 Å². The van der Waals surface area contributed by atoms with Crippen LogP contribution in [0.5, 0.6) is 0 Å². The van der Waals surface area contributed by atoms with Crippen LogP contribution in [0.4, 0.5) is 10.1 Å². The summed E-state index contributed by atoms with van der Waals surface area (Å²) in [6.07, 6.45) is 1.99. The first-order chi connectivity index (χ1) is 8.78. The normalized spacial score (nSPS) is 10.6. The van der Waals surface area contributed by atoms with Crippen molar-refractivity contribution in [3.8, 4) is 0 Å². The van der Waals surface area contributed by atoms with Crippen LogP contribution in [0.3, 0.4) is 0 Å². The maximum atomic E-state index is 12.9. The summed E-state index contributed by atoms with van der Waals surface area (Å²) in [7, 11) is 0. The zero-order valence-electron chi connectivity index (χ0n) is 9.72. The molecule has 0 unspecified atom stereocenters. The van der Waals surface area contributed by atoms with Crippen molar-refractivity contribution < 1.29 is 4.39 Å². The molecular weight excluding hydrogens is 289 g/mol. The number of hydrogen-bond donors (Lipinski definition) is 1. The number of halogens is 1. The van der Waals surface area contributed by atoms with E-state index in [1.54, 1.807) is 40.9 Å². The average molecular weight is 301 g/mol. The standard InChI is InChI=1S/C11H12FN3S3/c1-16-10-14-15-11(18-10)17-6-5-13-9-4-2-3-8(12)7-9/h2-4,7,13H,5-6H2,1H3. The maximum Gasteiger partial charge on any atom is 0.175 e. The lowest BCUT2D eigenvalue weighted by molar-refractivity contribution is 0.628. The van der Waals surface area contributed by atoms with Gasteiger partial charge in [-0.3, -0.25) is 0 Å². The van der Waals surface area contributed by atoms with Crippen molar-refractivity contribution in [2.75, 3.05) is 23.9 Å². The van der Waals surface area contributed by atoms with Crippen molar-refractivity contribution >= 4 is 40.5 Å². The van der Waals surface area contributed by atoms with Crippen LogP contribution in [-0.2, 0) is 0 Å². The molecule has 0 aliphatic carbocycles. The van der Waals surface area contributed by atoms with Crippen LogP contribution in [-0.4, -0.2) is 28.8 Å². The zero-order valence-corrected chi connectivity index (χ0v) is 12.2. The lowest BCUT2D eigenvalue weighted by Crippen LogP contribution is -2.03. The van der Waals surface area contributed by atoms with Crippen molar-refractivity contribution in [2.45, 2.75) is 8.68 Å². The highest BCUT2D eigenvalue weighted by atomic mass is 32.2. The molecule has 0 aliphatic heterocycles. The highest BCUT2D eigenvalue weighted by molar-refractivity contribution is 8.02. The molecule has 1 aromatic carbocycles. The molecule has 0 fully saturated rings.